The maximum Gasteiger partial charge on any atom is 0.411 e. The standard InChI is InChI=1S/C31H32F4N4O7.C18H21N3O5/c1-17-12-20(38-9-11-46-16-25(38)31(33,34)35)14-22(32)26(17)27(40)36-23(29(42)44-3)13-18-4-6-19(7-5-18)39-28(41)21-8-10-45-15-24(21)37(2)30(39)43;1-20-15-10-26-8-7-13(15)16(22)21(18(20)24)12-5-3-11(4-6-12)9-14(19)17(23)25-2/h4-7,12,14,23,25H,8-11,13,15-16H2,1-3H3,(H,36,40);3-6,14H,7-10,19H2,1-2H3/t23-,25+;14-/m00/s1. The van der Waals surface area contributed by atoms with Crippen LogP contribution in [0.1, 0.15) is 49.6 Å². The Morgan fingerprint density at radius 2 is 1.24 bits per heavy atom. The molecule has 0 spiro atoms. The molecule has 3 aromatic carbocycles. The number of fused-ring (bicyclic) bond motifs is 2. The van der Waals surface area contributed by atoms with Crippen molar-refractivity contribution in [1.29, 1.82) is 0 Å². The maximum absolute atomic E-state index is 15.3. The van der Waals surface area contributed by atoms with Gasteiger partial charge >= 0.3 is 29.5 Å². The minimum absolute atomic E-state index is 0.0212. The van der Waals surface area contributed by atoms with Crippen LogP contribution in [0.3, 0.4) is 0 Å². The van der Waals surface area contributed by atoms with Gasteiger partial charge in [0.15, 0.2) is 0 Å². The van der Waals surface area contributed by atoms with Gasteiger partial charge in [-0.2, -0.15) is 13.2 Å². The molecule has 23 heteroatoms. The van der Waals surface area contributed by atoms with E-state index in [1.54, 1.807) is 50.5 Å². The van der Waals surface area contributed by atoms with E-state index in [1.807, 2.05) is 0 Å². The average Bonchev–Trinajstić information content (AvgIpc) is 3.37. The quantitative estimate of drug-likeness (QED) is 0.143. The average molecular weight is 1010 g/mol. The lowest BCUT2D eigenvalue weighted by Gasteiger charge is -2.38. The number of nitrogens with one attached hydrogen (secondary N) is 1. The first kappa shape index (κ1) is 52.6. The molecule has 0 saturated carbocycles. The number of halogens is 4. The molecule has 0 unspecified atom stereocenters. The number of anilines is 1. The number of nitrogens with zero attached hydrogens (tertiary/aromatic N) is 5. The molecule has 2 aromatic heterocycles. The third kappa shape index (κ3) is 11.0. The summed E-state index contributed by atoms with van der Waals surface area (Å²) >= 11 is 0. The number of benzene rings is 3. The van der Waals surface area contributed by atoms with Crippen LogP contribution in [-0.2, 0) is 86.3 Å². The Bertz CT molecular complexity index is 3090. The normalized spacial score (nSPS) is 16.3. The van der Waals surface area contributed by atoms with E-state index in [4.69, 9.17) is 24.7 Å². The summed E-state index contributed by atoms with van der Waals surface area (Å²) in [5, 5.41) is 2.46. The maximum atomic E-state index is 15.3. The molecule has 72 heavy (non-hydrogen) atoms. The number of methoxy groups -OCH3 is 2. The van der Waals surface area contributed by atoms with E-state index in [-0.39, 0.29) is 49.6 Å². The molecule has 1 amide bonds. The summed E-state index contributed by atoms with van der Waals surface area (Å²) in [6.07, 6.45) is -3.55. The third-order valence-electron chi connectivity index (χ3n) is 12.8. The Balaban J connectivity index is 0.000000247. The predicted molar refractivity (Wildman–Crippen MR) is 251 cm³/mol. The van der Waals surface area contributed by atoms with Crippen LogP contribution in [0.4, 0.5) is 23.2 Å². The molecular formula is C49H53F4N7O12. The number of aromatic nitrogens is 4. The zero-order chi connectivity index (χ0) is 52.2. The largest absolute Gasteiger partial charge is 0.468 e. The molecule has 0 aliphatic carbocycles. The Morgan fingerprint density at radius 3 is 1.71 bits per heavy atom. The molecule has 5 aromatic rings. The third-order valence-corrected chi connectivity index (χ3v) is 12.8. The number of esters is 2. The number of hydrogen-bond donors (Lipinski definition) is 2. The number of carbonyl (C=O) groups is 3. The second kappa shape index (κ2) is 22.1. The highest BCUT2D eigenvalue weighted by Gasteiger charge is 2.46. The van der Waals surface area contributed by atoms with Gasteiger partial charge in [0, 0.05) is 56.7 Å². The number of aryl methyl sites for hydroxylation is 1. The summed E-state index contributed by atoms with van der Waals surface area (Å²) < 4.78 is 86.3. The number of alkyl halides is 3. The van der Waals surface area contributed by atoms with Crippen molar-refractivity contribution in [2.75, 3.05) is 52.1 Å². The van der Waals surface area contributed by atoms with Crippen LogP contribution >= 0.6 is 0 Å². The summed E-state index contributed by atoms with van der Waals surface area (Å²) in [5.74, 6) is -3.33. The molecule has 1 saturated heterocycles. The molecule has 3 aliphatic heterocycles. The summed E-state index contributed by atoms with van der Waals surface area (Å²) in [5.41, 5.74) is 7.97. The van der Waals surface area contributed by atoms with E-state index in [1.165, 1.54) is 41.4 Å². The second-order valence-corrected chi connectivity index (χ2v) is 17.3. The summed E-state index contributed by atoms with van der Waals surface area (Å²) in [7, 11) is 5.60. The number of rotatable bonds is 11. The minimum atomic E-state index is -4.62. The van der Waals surface area contributed by atoms with Crippen molar-refractivity contribution in [3.8, 4) is 11.4 Å². The molecule has 1 fully saturated rings. The highest BCUT2D eigenvalue weighted by atomic mass is 19.4. The van der Waals surface area contributed by atoms with Crippen molar-refractivity contribution >= 4 is 23.5 Å². The van der Waals surface area contributed by atoms with Gasteiger partial charge in [-0.25, -0.2) is 27.9 Å². The van der Waals surface area contributed by atoms with Gasteiger partial charge in [0.2, 0.25) is 0 Å². The van der Waals surface area contributed by atoms with Gasteiger partial charge in [-0.3, -0.25) is 28.3 Å². The lowest BCUT2D eigenvalue weighted by Crippen LogP contribution is -2.53. The Kier molecular flexibility index (Phi) is 16.1. The lowest BCUT2D eigenvalue weighted by molar-refractivity contribution is -0.167. The van der Waals surface area contributed by atoms with Crippen LogP contribution in [0.25, 0.3) is 11.4 Å². The van der Waals surface area contributed by atoms with E-state index < -0.39 is 77.1 Å². The summed E-state index contributed by atoms with van der Waals surface area (Å²) in [6, 6.07) is 11.2. The van der Waals surface area contributed by atoms with E-state index in [2.05, 4.69) is 10.1 Å². The van der Waals surface area contributed by atoms with Gasteiger partial charge in [-0.05, 0) is 66.4 Å². The lowest BCUT2D eigenvalue weighted by atomic mass is 10.0. The number of ether oxygens (including phenoxy) is 5. The van der Waals surface area contributed by atoms with Crippen molar-refractivity contribution in [3.63, 3.8) is 0 Å². The van der Waals surface area contributed by atoms with Gasteiger partial charge in [-0.1, -0.05) is 24.3 Å². The van der Waals surface area contributed by atoms with E-state index in [0.717, 1.165) is 32.8 Å². The van der Waals surface area contributed by atoms with Gasteiger partial charge in [-0.15, -0.1) is 0 Å². The van der Waals surface area contributed by atoms with Crippen LogP contribution in [0.5, 0.6) is 0 Å². The molecule has 3 atom stereocenters. The molecule has 8 rings (SSSR count). The Hall–Kier alpha value is -7.21. The van der Waals surface area contributed by atoms with Crippen LogP contribution in [0.2, 0.25) is 0 Å². The van der Waals surface area contributed by atoms with Gasteiger partial charge in [0.25, 0.3) is 17.0 Å². The number of hydrogen-bond acceptors (Lipinski definition) is 14. The van der Waals surface area contributed by atoms with E-state index in [0.29, 0.717) is 71.9 Å². The molecule has 0 radical (unpaired) electrons. The topological polar surface area (TPSA) is 227 Å². The van der Waals surface area contributed by atoms with Gasteiger partial charge < -0.3 is 39.6 Å². The smallest absolute Gasteiger partial charge is 0.411 e. The monoisotopic (exact) mass is 1010 g/mol. The highest BCUT2D eigenvalue weighted by molar-refractivity contribution is 5.98. The zero-order valence-corrected chi connectivity index (χ0v) is 40.0. The number of carbonyl (C=O) groups excluding carboxylic acids is 3. The minimum Gasteiger partial charge on any atom is -0.468 e. The van der Waals surface area contributed by atoms with Crippen molar-refractivity contribution in [1.82, 2.24) is 23.6 Å². The molecule has 384 valence electrons. The molecular weight excluding hydrogens is 955 g/mol. The molecule has 3 N–H and O–H groups in total. The highest BCUT2D eigenvalue weighted by Crippen LogP contribution is 2.33. The Labute approximate surface area is 408 Å². The van der Waals surface area contributed by atoms with E-state index in [9.17, 15) is 46.7 Å². The number of morpholine rings is 1. The first-order valence-electron chi connectivity index (χ1n) is 22.7. The summed E-state index contributed by atoms with van der Waals surface area (Å²) in [6.45, 7) is 1.93. The fourth-order valence-electron chi connectivity index (χ4n) is 8.85. The van der Waals surface area contributed by atoms with Gasteiger partial charge in [0.1, 0.15) is 23.9 Å². The van der Waals surface area contributed by atoms with Crippen LogP contribution < -0.4 is 38.4 Å². The van der Waals surface area contributed by atoms with Crippen LogP contribution in [-0.4, -0.2) is 108 Å². The SMILES string of the molecule is COC(=O)[C@@H](N)Cc1ccc(-n2c(=O)c3c(n(C)c2=O)COCC3)cc1.COC(=O)[C@H](Cc1ccc(-n2c(=O)c3c(n(C)c2=O)COCC3)cc1)NC(=O)c1c(C)cc(N2CCOC[C@@H]2C(F)(F)F)cc1F. The number of amides is 1. The van der Waals surface area contributed by atoms with Crippen LogP contribution in [0.15, 0.2) is 79.8 Å². The first-order valence-corrected chi connectivity index (χ1v) is 22.7. The molecule has 5 heterocycles. The Morgan fingerprint density at radius 1 is 0.736 bits per heavy atom. The summed E-state index contributed by atoms with van der Waals surface area (Å²) in [4.78, 5) is 89.9. The predicted octanol–water partition coefficient (Wildman–Crippen LogP) is 1.99. The zero-order valence-electron chi connectivity index (χ0n) is 40.0. The molecule has 0 bridgehead atoms. The molecule has 19 nitrogen and oxygen atoms in total. The van der Waals surface area contributed by atoms with Crippen molar-refractivity contribution < 1.29 is 55.6 Å². The van der Waals surface area contributed by atoms with Crippen LogP contribution in [0, 0.1) is 12.7 Å². The molecule has 3 aliphatic rings. The van der Waals surface area contributed by atoms with Crippen molar-refractivity contribution in [2.45, 2.75) is 70.1 Å². The van der Waals surface area contributed by atoms with Gasteiger partial charge in [0.05, 0.1) is 82.2 Å². The van der Waals surface area contributed by atoms with Crippen molar-refractivity contribution in [2.24, 2.45) is 19.8 Å². The number of nitrogens with two attached hydrogens (primary N) is 1. The first-order chi connectivity index (χ1) is 34.2. The second-order valence-electron chi connectivity index (χ2n) is 17.3. The fraction of sp³-hybridized carbons (Fsp3) is 0.408. The fourth-order valence-corrected chi connectivity index (χ4v) is 8.85. The van der Waals surface area contributed by atoms with E-state index >= 15 is 4.39 Å². The van der Waals surface area contributed by atoms with Crippen molar-refractivity contribution in [3.05, 3.63) is 153 Å².